The molecule has 0 aromatic carbocycles. The highest BCUT2D eigenvalue weighted by Gasteiger charge is 2.26. The van der Waals surface area contributed by atoms with Gasteiger partial charge in [-0.2, -0.15) is 0 Å². The molecule has 0 spiro atoms. The average molecular weight is 397 g/mol. The number of anilines is 1. The first kappa shape index (κ1) is 20.7. The molecule has 0 aliphatic heterocycles. The minimum absolute atomic E-state index is 0.378. The van der Waals surface area contributed by atoms with Gasteiger partial charge in [0.25, 0.3) is 5.91 Å². The molecule has 1 aliphatic rings. The van der Waals surface area contributed by atoms with Crippen LogP contribution in [0.25, 0.3) is 0 Å². The van der Waals surface area contributed by atoms with Gasteiger partial charge in [0.2, 0.25) is 0 Å². The summed E-state index contributed by atoms with van der Waals surface area (Å²) < 4.78 is 9.72. The minimum Gasteiger partial charge on any atom is -0.465 e. The van der Waals surface area contributed by atoms with Gasteiger partial charge in [0.1, 0.15) is 11.0 Å². The van der Waals surface area contributed by atoms with E-state index in [1.165, 1.54) is 25.4 Å². The first-order valence-corrected chi connectivity index (χ1v) is 9.40. The summed E-state index contributed by atoms with van der Waals surface area (Å²) in [5.41, 5.74) is 6.23. The van der Waals surface area contributed by atoms with Crippen LogP contribution in [0.15, 0.2) is 0 Å². The standard InChI is InChI=1S/C17H23N3O6S/c1-9(19-17(18)24)15(22)26-8-12(21)20-14-13(16(23)25-2)10-6-4-3-5-7-11(10)27-14/h9H,3-8H2,1-2H3,(H,20,21)(H3,18,19,24)/t9-/m0/s1. The lowest BCUT2D eigenvalue weighted by Gasteiger charge is -2.12. The Morgan fingerprint density at radius 1 is 1.19 bits per heavy atom. The van der Waals surface area contributed by atoms with Gasteiger partial charge in [-0.25, -0.2) is 14.4 Å². The lowest BCUT2D eigenvalue weighted by molar-refractivity contribution is -0.148. The van der Waals surface area contributed by atoms with Crippen LogP contribution < -0.4 is 16.4 Å². The van der Waals surface area contributed by atoms with E-state index in [4.69, 9.17) is 15.2 Å². The van der Waals surface area contributed by atoms with Crippen LogP contribution in [0.4, 0.5) is 9.80 Å². The number of esters is 2. The third-order valence-corrected chi connectivity index (χ3v) is 5.33. The Morgan fingerprint density at radius 3 is 2.56 bits per heavy atom. The summed E-state index contributed by atoms with van der Waals surface area (Å²) >= 11 is 1.35. The van der Waals surface area contributed by atoms with Crippen molar-refractivity contribution >= 4 is 40.2 Å². The Bertz CT molecular complexity index is 745. The monoisotopic (exact) mass is 397 g/mol. The Morgan fingerprint density at radius 2 is 1.89 bits per heavy atom. The molecule has 1 atom stereocenters. The lowest BCUT2D eigenvalue weighted by Crippen LogP contribution is -2.43. The first-order chi connectivity index (χ1) is 12.8. The van der Waals surface area contributed by atoms with Crippen molar-refractivity contribution in [3.8, 4) is 0 Å². The second-order valence-electron chi connectivity index (χ2n) is 6.15. The molecule has 0 saturated heterocycles. The highest BCUT2D eigenvalue weighted by molar-refractivity contribution is 7.17. The summed E-state index contributed by atoms with van der Waals surface area (Å²) in [6, 6.07) is -1.84. The van der Waals surface area contributed by atoms with Crippen LogP contribution in [0.2, 0.25) is 0 Å². The largest absolute Gasteiger partial charge is 0.465 e. The Labute approximate surface area is 160 Å². The Balaban J connectivity index is 2.06. The number of ether oxygens (including phenoxy) is 2. The van der Waals surface area contributed by atoms with E-state index in [2.05, 4.69) is 10.6 Å². The van der Waals surface area contributed by atoms with Crippen LogP contribution in [0.3, 0.4) is 0 Å². The van der Waals surface area contributed by atoms with E-state index < -0.39 is 36.5 Å². The molecule has 1 aromatic heterocycles. The number of carbonyl (C=O) groups excluding carboxylic acids is 4. The number of aryl methyl sites for hydroxylation is 1. The molecular formula is C17H23N3O6S. The molecule has 0 saturated carbocycles. The Hall–Kier alpha value is -2.62. The summed E-state index contributed by atoms with van der Waals surface area (Å²) in [4.78, 5) is 47.9. The molecule has 148 valence electrons. The number of methoxy groups -OCH3 is 1. The van der Waals surface area contributed by atoms with E-state index in [1.807, 2.05) is 0 Å². The van der Waals surface area contributed by atoms with Crippen molar-refractivity contribution in [3.63, 3.8) is 0 Å². The van der Waals surface area contributed by atoms with Crippen molar-refractivity contribution in [3.05, 3.63) is 16.0 Å². The number of carbonyl (C=O) groups is 4. The molecule has 3 amide bonds. The van der Waals surface area contributed by atoms with Crippen LogP contribution >= 0.6 is 11.3 Å². The molecule has 27 heavy (non-hydrogen) atoms. The number of hydrogen-bond acceptors (Lipinski definition) is 7. The molecule has 1 aromatic rings. The second-order valence-corrected chi connectivity index (χ2v) is 7.25. The molecule has 0 radical (unpaired) electrons. The minimum atomic E-state index is -0.973. The molecule has 1 heterocycles. The van der Waals surface area contributed by atoms with Crippen LogP contribution in [0.1, 0.15) is 47.0 Å². The summed E-state index contributed by atoms with van der Waals surface area (Å²) in [7, 11) is 1.30. The summed E-state index contributed by atoms with van der Waals surface area (Å²) in [6.07, 6.45) is 4.72. The molecular weight excluding hydrogens is 374 g/mol. The molecule has 4 N–H and O–H groups in total. The number of thiophene rings is 1. The molecule has 10 heteroatoms. The van der Waals surface area contributed by atoms with Crippen molar-refractivity contribution < 1.29 is 28.7 Å². The highest BCUT2D eigenvalue weighted by atomic mass is 32.1. The number of fused-ring (bicyclic) bond motifs is 1. The van der Waals surface area contributed by atoms with Gasteiger partial charge in [0.05, 0.1) is 12.7 Å². The SMILES string of the molecule is COC(=O)c1c(NC(=O)COC(=O)[C@H](C)NC(N)=O)sc2c1CCCCC2. The average Bonchev–Trinajstić information content (AvgIpc) is 2.79. The van der Waals surface area contributed by atoms with Gasteiger partial charge >= 0.3 is 18.0 Å². The second kappa shape index (κ2) is 9.36. The van der Waals surface area contributed by atoms with E-state index in [0.717, 1.165) is 42.5 Å². The quantitative estimate of drug-likeness (QED) is 0.489. The number of rotatable bonds is 6. The van der Waals surface area contributed by atoms with E-state index in [1.54, 1.807) is 0 Å². The highest BCUT2D eigenvalue weighted by Crippen LogP contribution is 2.37. The molecule has 2 rings (SSSR count). The molecule has 0 unspecified atom stereocenters. The van der Waals surface area contributed by atoms with Crippen molar-refractivity contribution in [1.82, 2.24) is 5.32 Å². The van der Waals surface area contributed by atoms with Crippen LogP contribution in [-0.4, -0.2) is 43.6 Å². The predicted octanol–water partition coefficient (Wildman–Crippen LogP) is 1.34. The van der Waals surface area contributed by atoms with E-state index >= 15 is 0 Å². The number of urea groups is 1. The number of amides is 3. The smallest absolute Gasteiger partial charge is 0.341 e. The molecule has 0 bridgehead atoms. The van der Waals surface area contributed by atoms with Gasteiger partial charge in [0.15, 0.2) is 6.61 Å². The van der Waals surface area contributed by atoms with Crippen molar-refractivity contribution in [1.29, 1.82) is 0 Å². The van der Waals surface area contributed by atoms with Gasteiger partial charge in [-0.15, -0.1) is 11.3 Å². The van der Waals surface area contributed by atoms with Crippen LogP contribution in [0.5, 0.6) is 0 Å². The van der Waals surface area contributed by atoms with Crippen LogP contribution in [-0.2, 0) is 31.9 Å². The van der Waals surface area contributed by atoms with E-state index in [9.17, 15) is 19.2 Å². The zero-order valence-electron chi connectivity index (χ0n) is 15.3. The zero-order chi connectivity index (χ0) is 20.0. The van der Waals surface area contributed by atoms with E-state index in [0.29, 0.717) is 10.6 Å². The van der Waals surface area contributed by atoms with Gasteiger partial charge < -0.3 is 25.8 Å². The first-order valence-electron chi connectivity index (χ1n) is 8.58. The maximum atomic E-state index is 12.2. The van der Waals surface area contributed by atoms with Gasteiger partial charge in [0, 0.05) is 4.88 Å². The van der Waals surface area contributed by atoms with Crippen LogP contribution in [0, 0.1) is 0 Å². The third kappa shape index (κ3) is 5.43. The normalized spacial score (nSPS) is 14.3. The maximum Gasteiger partial charge on any atom is 0.341 e. The molecule has 1 aliphatic carbocycles. The fourth-order valence-electron chi connectivity index (χ4n) is 2.85. The lowest BCUT2D eigenvalue weighted by atomic mass is 10.1. The van der Waals surface area contributed by atoms with Gasteiger partial charge in [-0.1, -0.05) is 6.42 Å². The number of hydrogen-bond donors (Lipinski definition) is 3. The number of nitrogens with one attached hydrogen (secondary N) is 2. The van der Waals surface area contributed by atoms with E-state index in [-0.39, 0.29) is 0 Å². The fraction of sp³-hybridized carbons (Fsp3) is 0.529. The number of nitrogens with two attached hydrogens (primary N) is 1. The summed E-state index contributed by atoms with van der Waals surface area (Å²) in [5, 5.41) is 5.19. The molecule has 9 nitrogen and oxygen atoms in total. The summed E-state index contributed by atoms with van der Waals surface area (Å²) in [5.74, 6) is -1.88. The Kier molecular flexibility index (Phi) is 7.17. The molecule has 0 fully saturated rings. The van der Waals surface area contributed by atoms with Crippen molar-refractivity contribution in [2.75, 3.05) is 19.0 Å². The summed E-state index contributed by atoms with van der Waals surface area (Å²) in [6.45, 7) is 0.837. The van der Waals surface area contributed by atoms with Crippen molar-refractivity contribution in [2.24, 2.45) is 5.73 Å². The predicted molar refractivity (Wildman–Crippen MR) is 98.7 cm³/mol. The van der Waals surface area contributed by atoms with Gasteiger partial charge in [-0.3, -0.25) is 4.79 Å². The van der Waals surface area contributed by atoms with Gasteiger partial charge in [-0.05, 0) is 38.2 Å². The number of primary amides is 1. The topological polar surface area (TPSA) is 137 Å². The zero-order valence-corrected chi connectivity index (χ0v) is 16.1. The fourth-order valence-corrected chi connectivity index (χ4v) is 4.14. The third-order valence-electron chi connectivity index (χ3n) is 4.12. The maximum absolute atomic E-state index is 12.2. The van der Waals surface area contributed by atoms with Crippen molar-refractivity contribution in [2.45, 2.75) is 45.1 Å².